The molecule has 1 spiro atoms. The lowest BCUT2D eigenvalue weighted by Gasteiger charge is -2.59. The van der Waals surface area contributed by atoms with E-state index in [2.05, 4.69) is 49.5 Å². The van der Waals surface area contributed by atoms with E-state index in [4.69, 9.17) is 0 Å². The Morgan fingerprint density at radius 2 is 1.67 bits per heavy atom. The molecule has 2 aliphatic rings. The van der Waals surface area contributed by atoms with Crippen LogP contribution in [-0.2, 0) is 5.41 Å². The Kier molecular flexibility index (Phi) is 4.40. The van der Waals surface area contributed by atoms with Crippen LogP contribution in [0.25, 0.3) is 0 Å². The van der Waals surface area contributed by atoms with Gasteiger partial charge in [0.2, 0.25) is 0 Å². The van der Waals surface area contributed by atoms with Gasteiger partial charge in [0, 0.05) is 12.0 Å². The van der Waals surface area contributed by atoms with E-state index in [0.29, 0.717) is 10.8 Å². The van der Waals surface area contributed by atoms with Crippen molar-refractivity contribution in [3.63, 3.8) is 0 Å². The molecule has 1 N–H and O–H groups in total. The number of nitrogens with one attached hydrogen (secondary N) is 1. The summed E-state index contributed by atoms with van der Waals surface area (Å²) < 4.78 is 0. The van der Waals surface area contributed by atoms with E-state index in [9.17, 15) is 0 Å². The van der Waals surface area contributed by atoms with Crippen molar-refractivity contribution in [2.24, 2.45) is 11.3 Å². The highest BCUT2D eigenvalue weighted by atomic mass is 14.9. The van der Waals surface area contributed by atoms with E-state index in [1.165, 1.54) is 44.9 Å². The van der Waals surface area contributed by atoms with Crippen molar-refractivity contribution < 1.29 is 0 Å². The average Bonchev–Trinajstić information content (AvgIpc) is 2.47. The molecule has 1 heteroatoms. The van der Waals surface area contributed by atoms with E-state index < -0.39 is 0 Å². The summed E-state index contributed by atoms with van der Waals surface area (Å²) in [7, 11) is 0. The van der Waals surface area contributed by atoms with Gasteiger partial charge < -0.3 is 5.32 Å². The summed E-state index contributed by atoms with van der Waals surface area (Å²) in [6, 6.07) is 11.3. The topological polar surface area (TPSA) is 12.0 Å². The zero-order valence-corrected chi connectivity index (χ0v) is 13.8. The third-order valence-electron chi connectivity index (χ3n) is 5.74. The van der Waals surface area contributed by atoms with Gasteiger partial charge in [0.25, 0.3) is 0 Å². The number of rotatable bonds is 5. The Morgan fingerprint density at radius 3 is 2.29 bits per heavy atom. The smallest absolute Gasteiger partial charge is 0.00883 e. The summed E-state index contributed by atoms with van der Waals surface area (Å²) in [6.45, 7) is 6.90. The quantitative estimate of drug-likeness (QED) is 0.810. The summed E-state index contributed by atoms with van der Waals surface area (Å²) >= 11 is 0. The summed E-state index contributed by atoms with van der Waals surface area (Å²) in [5.41, 5.74) is 2.67. The van der Waals surface area contributed by atoms with E-state index in [1.54, 1.807) is 5.56 Å². The highest BCUT2D eigenvalue weighted by Gasteiger charge is 2.54. The van der Waals surface area contributed by atoms with Gasteiger partial charge in [0.05, 0.1) is 0 Å². The minimum atomic E-state index is 0.410. The molecule has 0 unspecified atom stereocenters. The minimum Gasteiger partial charge on any atom is -0.316 e. The van der Waals surface area contributed by atoms with Crippen LogP contribution in [0, 0.1) is 11.3 Å². The fraction of sp³-hybridized carbons (Fsp3) is 0.700. The van der Waals surface area contributed by atoms with Crippen LogP contribution in [0.2, 0.25) is 0 Å². The van der Waals surface area contributed by atoms with Crippen LogP contribution >= 0.6 is 0 Å². The molecule has 0 saturated heterocycles. The monoisotopic (exact) mass is 285 g/mol. The highest BCUT2D eigenvalue weighted by molar-refractivity contribution is 5.31. The molecule has 2 saturated carbocycles. The first-order valence-corrected chi connectivity index (χ1v) is 8.91. The summed E-state index contributed by atoms with van der Waals surface area (Å²) in [5, 5.41) is 3.75. The molecule has 2 aliphatic carbocycles. The minimum absolute atomic E-state index is 0.410. The fourth-order valence-corrected chi connectivity index (χ4v) is 4.86. The van der Waals surface area contributed by atoms with Gasteiger partial charge >= 0.3 is 0 Å². The molecule has 2 fully saturated rings. The van der Waals surface area contributed by atoms with Crippen molar-refractivity contribution in [1.82, 2.24) is 5.32 Å². The lowest BCUT2D eigenvalue weighted by Crippen LogP contribution is -2.55. The molecule has 0 bridgehead atoms. The van der Waals surface area contributed by atoms with E-state index >= 15 is 0 Å². The third kappa shape index (κ3) is 3.18. The average molecular weight is 285 g/mol. The lowest BCUT2D eigenvalue weighted by molar-refractivity contribution is -0.0129. The van der Waals surface area contributed by atoms with Crippen LogP contribution in [0.4, 0.5) is 0 Å². The molecule has 1 nitrogen and oxygen atoms in total. The molecule has 0 amide bonds. The van der Waals surface area contributed by atoms with Crippen LogP contribution in [-0.4, -0.2) is 13.1 Å². The van der Waals surface area contributed by atoms with Crippen molar-refractivity contribution in [2.45, 2.75) is 64.2 Å². The molecule has 21 heavy (non-hydrogen) atoms. The van der Waals surface area contributed by atoms with Crippen molar-refractivity contribution >= 4 is 0 Å². The molecule has 0 heterocycles. The summed E-state index contributed by atoms with van der Waals surface area (Å²) in [5.74, 6) is 0.738. The molecule has 0 aliphatic heterocycles. The maximum Gasteiger partial charge on any atom is 0.00883 e. The van der Waals surface area contributed by atoms with Crippen LogP contribution in [0.15, 0.2) is 30.3 Å². The van der Waals surface area contributed by atoms with Crippen LogP contribution in [0.5, 0.6) is 0 Å². The Labute approximate surface area is 130 Å². The van der Waals surface area contributed by atoms with Gasteiger partial charge in [-0.3, -0.25) is 0 Å². The summed E-state index contributed by atoms with van der Waals surface area (Å²) in [4.78, 5) is 0. The Hall–Kier alpha value is -0.820. The molecular formula is C20H31N. The van der Waals surface area contributed by atoms with Gasteiger partial charge in [-0.15, -0.1) is 0 Å². The largest absolute Gasteiger partial charge is 0.316 e. The zero-order chi connectivity index (χ0) is 14.8. The fourth-order valence-electron chi connectivity index (χ4n) is 4.86. The molecular weight excluding hydrogens is 254 g/mol. The van der Waals surface area contributed by atoms with Crippen molar-refractivity contribution in [2.75, 3.05) is 13.1 Å². The first-order valence-electron chi connectivity index (χ1n) is 8.91. The van der Waals surface area contributed by atoms with Gasteiger partial charge in [-0.05, 0) is 49.1 Å². The molecule has 1 aromatic carbocycles. The van der Waals surface area contributed by atoms with Crippen LogP contribution < -0.4 is 5.32 Å². The highest BCUT2D eigenvalue weighted by Crippen LogP contribution is 2.61. The predicted octanol–water partition coefficient (Wildman–Crippen LogP) is 4.91. The standard InChI is InChI=1S/C20H31N/c1-17(2)13-21-16-20(18-9-5-3-6-10-18)14-19(15-20)11-7-4-8-12-19/h3,5-6,9-10,17,21H,4,7-8,11-16H2,1-2H3. The van der Waals surface area contributed by atoms with Gasteiger partial charge in [-0.1, -0.05) is 63.4 Å². The van der Waals surface area contributed by atoms with Crippen LogP contribution in [0.1, 0.15) is 64.4 Å². The van der Waals surface area contributed by atoms with Gasteiger partial charge in [-0.2, -0.15) is 0 Å². The maximum absolute atomic E-state index is 3.75. The number of hydrogen-bond acceptors (Lipinski definition) is 1. The maximum atomic E-state index is 3.75. The summed E-state index contributed by atoms with van der Waals surface area (Å²) in [6.07, 6.45) is 10.2. The normalized spacial score (nSPS) is 23.2. The molecule has 0 atom stereocenters. The van der Waals surface area contributed by atoms with Gasteiger partial charge in [0.15, 0.2) is 0 Å². The Bertz CT molecular complexity index is 434. The van der Waals surface area contributed by atoms with Crippen molar-refractivity contribution in [1.29, 1.82) is 0 Å². The van der Waals surface area contributed by atoms with Crippen molar-refractivity contribution in [3.05, 3.63) is 35.9 Å². The molecule has 116 valence electrons. The molecule has 0 radical (unpaired) electrons. The first-order chi connectivity index (χ1) is 10.1. The molecule has 1 aromatic rings. The van der Waals surface area contributed by atoms with Gasteiger partial charge in [-0.25, -0.2) is 0 Å². The number of benzene rings is 1. The van der Waals surface area contributed by atoms with E-state index in [0.717, 1.165) is 19.0 Å². The first kappa shape index (κ1) is 15.1. The second kappa shape index (κ2) is 6.12. The Morgan fingerprint density at radius 1 is 1.00 bits per heavy atom. The van der Waals surface area contributed by atoms with E-state index in [-0.39, 0.29) is 0 Å². The zero-order valence-electron chi connectivity index (χ0n) is 13.8. The van der Waals surface area contributed by atoms with Gasteiger partial charge in [0.1, 0.15) is 0 Å². The molecule has 3 rings (SSSR count). The number of hydrogen-bond donors (Lipinski definition) is 1. The van der Waals surface area contributed by atoms with E-state index in [1.807, 2.05) is 0 Å². The lowest BCUT2D eigenvalue weighted by atomic mass is 9.46. The van der Waals surface area contributed by atoms with Crippen LogP contribution in [0.3, 0.4) is 0 Å². The Balaban J connectivity index is 1.71. The van der Waals surface area contributed by atoms with Crippen molar-refractivity contribution in [3.8, 4) is 0 Å². The molecule has 0 aromatic heterocycles. The second-order valence-corrected chi connectivity index (χ2v) is 8.09. The second-order valence-electron chi connectivity index (χ2n) is 8.09. The SMILES string of the molecule is CC(C)CNCC1(c2ccccc2)CC2(CCCCC2)C1. The third-order valence-corrected chi connectivity index (χ3v) is 5.74. The predicted molar refractivity (Wildman–Crippen MR) is 90.6 cm³/mol.